The van der Waals surface area contributed by atoms with Crippen molar-refractivity contribution in [2.45, 2.75) is 44.2 Å². The molecule has 1 aromatic rings. The number of carboxylic acids is 1. The van der Waals surface area contributed by atoms with Crippen LogP contribution in [0.4, 0.5) is 0 Å². The number of fused-ring (bicyclic) bond motifs is 1. The van der Waals surface area contributed by atoms with E-state index >= 15 is 0 Å². The molecule has 2 atom stereocenters. The molecule has 0 aromatic heterocycles. The van der Waals surface area contributed by atoms with Gasteiger partial charge >= 0.3 is 11.9 Å². The van der Waals surface area contributed by atoms with Crippen molar-refractivity contribution >= 4 is 35.5 Å². The molecule has 2 N–H and O–H groups in total. The highest BCUT2D eigenvalue weighted by molar-refractivity contribution is 8.00. The first kappa shape index (κ1) is 20.9. The molecular formula is C20H22N2O6S. The van der Waals surface area contributed by atoms with Gasteiger partial charge in [-0.25, -0.2) is 9.59 Å². The van der Waals surface area contributed by atoms with Gasteiger partial charge in [-0.15, -0.1) is 11.8 Å². The topological polar surface area (TPSA) is 113 Å². The molecule has 154 valence electrons. The number of ether oxygens (including phenoxy) is 1. The minimum Gasteiger partial charge on any atom is -0.478 e. The summed E-state index contributed by atoms with van der Waals surface area (Å²) in [6, 6.07) is 8.29. The van der Waals surface area contributed by atoms with Crippen molar-refractivity contribution in [3.8, 4) is 0 Å². The lowest BCUT2D eigenvalue weighted by Crippen LogP contribution is -2.71. The molecule has 1 aromatic carbocycles. The van der Waals surface area contributed by atoms with Crippen molar-refractivity contribution in [1.82, 2.24) is 10.2 Å². The van der Waals surface area contributed by atoms with Gasteiger partial charge in [0.1, 0.15) is 22.7 Å². The normalized spacial score (nSPS) is 21.2. The van der Waals surface area contributed by atoms with Crippen LogP contribution in [0.2, 0.25) is 0 Å². The van der Waals surface area contributed by atoms with Crippen molar-refractivity contribution in [2.75, 3.05) is 5.75 Å². The number of β-lactam (4-membered cyclic amide) rings is 1. The summed E-state index contributed by atoms with van der Waals surface area (Å²) >= 11 is 1.19. The Morgan fingerprint density at radius 1 is 1.24 bits per heavy atom. The van der Waals surface area contributed by atoms with Gasteiger partial charge in [0, 0.05) is 5.75 Å². The number of amides is 2. The van der Waals surface area contributed by atoms with Gasteiger partial charge in [-0.05, 0) is 26.3 Å². The van der Waals surface area contributed by atoms with E-state index in [0.717, 1.165) is 10.5 Å². The number of benzene rings is 1. The maximum Gasteiger partial charge on any atom is 0.356 e. The molecule has 3 rings (SSSR count). The fourth-order valence-electron chi connectivity index (χ4n) is 3.10. The first-order valence-corrected chi connectivity index (χ1v) is 10.1. The molecule has 8 nitrogen and oxygen atoms in total. The van der Waals surface area contributed by atoms with Gasteiger partial charge in [-0.3, -0.25) is 14.5 Å². The van der Waals surface area contributed by atoms with E-state index in [1.165, 1.54) is 11.8 Å². The number of esters is 1. The van der Waals surface area contributed by atoms with Crippen molar-refractivity contribution in [2.24, 2.45) is 0 Å². The Bertz CT molecular complexity index is 890. The molecule has 0 saturated carbocycles. The lowest BCUT2D eigenvalue weighted by Gasteiger charge is -2.49. The van der Waals surface area contributed by atoms with Crippen LogP contribution in [0.25, 0.3) is 0 Å². The average Bonchev–Trinajstić information content (AvgIpc) is 2.64. The quantitative estimate of drug-likeness (QED) is 0.547. The van der Waals surface area contributed by atoms with E-state index in [4.69, 9.17) is 4.74 Å². The average molecular weight is 418 g/mol. The lowest BCUT2D eigenvalue weighted by molar-refractivity contribution is -0.159. The van der Waals surface area contributed by atoms with Gasteiger partial charge < -0.3 is 15.2 Å². The van der Waals surface area contributed by atoms with Crippen LogP contribution in [0.5, 0.6) is 0 Å². The molecule has 2 amide bonds. The molecule has 29 heavy (non-hydrogen) atoms. The molecule has 0 spiro atoms. The third kappa shape index (κ3) is 4.45. The standard InChI is InChI=1S/C20H22N2O6S/c1-20(2,3)28-19(27)15-12(18(25)26)10-29-17-14(16(24)22(15)17)21-13(23)9-11-7-5-4-6-8-11/h4-8,14,17H,9-10H2,1-3H3,(H,21,23)(H,25,26)/t14-,17-/m1/s1. The summed E-state index contributed by atoms with van der Waals surface area (Å²) in [6.07, 6.45) is 0.122. The summed E-state index contributed by atoms with van der Waals surface area (Å²) in [7, 11) is 0. The Hall–Kier alpha value is -2.81. The minimum absolute atomic E-state index is 0.0312. The zero-order valence-corrected chi connectivity index (χ0v) is 17.1. The van der Waals surface area contributed by atoms with Gasteiger partial charge in [0.15, 0.2) is 0 Å². The molecule has 1 fully saturated rings. The summed E-state index contributed by atoms with van der Waals surface area (Å²) in [5.41, 5.74) is -0.463. The van der Waals surface area contributed by atoms with E-state index in [-0.39, 0.29) is 29.4 Å². The Kier molecular flexibility index (Phi) is 5.70. The van der Waals surface area contributed by atoms with Crippen LogP contribution >= 0.6 is 11.8 Å². The maximum absolute atomic E-state index is 12.7. The summed E-state index contributed by atoms with van der Waals surface area (Å²) in [4.78, 5) is 50.3. The van der Waals surface area contributed by atoms with Gasteiger partial charge in [0.2, 0.25) is 5.91 Å². The summed E-state index contributed by atoms with van der Waals surface area (Å²) in [6.45, 7) is 4.97. The molecule has 2 aliphatic rings. The lowest BCUT2D eigenvalue weighted by atomic mass is 10.0. The predicted octanol–water partition coefficient (Wildman–Crippen LogP) is 1.31. The smallest absolute Gasteiger partial charge is 0.356 e. The zero-order valence-electron chi connectivity index (χ0n) is 16.3. The molecule has 2 heterocycles. The van der Waals surface area contributed by atoms with Crippen LogP contribution < -0.4 is 5.32 Å². The van der Waals surface area contributed by atoms with Crippen LogP contribution in [0.3, 0.4) is 0 Å². The first-order valence-electron chi connectivity index (χ1n) is 9.06. The van der Waals surface area contributed by atoms with Crippen molar-refractivity contribution in [1.29, 1.82) is 0 Å². The van der Waals surface area contributed by atoms with Crippen LogP contribution in [-0.4, -0.2) is 56.5 Å². The molecule has 0 radical (unpaired) electrons. The van der Waals surface area contributed by atoms with Crippen molar-refractivity contribution < 1.29 is 29.0 Å². The molecule has 1 saturated heterocycles. The molecule has 0 aliphatic carbocycles. The second-order valence-electron chi connectivity index (χ2n) is 7.75. The highest BCUT2D eigenvalue weighted by atomic mass is 32.2. The van der Waals surface area contributed by atoms with E-state index in [9.17, 15) is 24.3 Å². The largest absolute Gasteiger partial charge is 0.478 e. The Labute approximate surface area is 172 Å². The number of carboxylic acid groups (broad SMARTS) is 1. The number of rotatable bonds is 5. The van der Waals surface area contributed by atoms with Crippen molar-refractivity contribution in [3.63, 3.8) is 0 Å². The number of aliphatic carboxylic acids is 1. The SMILES string of the molecule is CC(C)(C)OC(=O)C1=C(C(=O)O)CS[C@@H]2[C@H](NC(=O)Cc3ccccc3)C(=O)N12. The number of nitrogens with one attached hydrogen (secondary N) is 1. The van der Waals surface area contributed by atoms with Crippen LogP contribution in [0.1, 0.15) is 26.3 Å². The summed E-state index contributed by atoms with van der Waals surface area (Å²) < 4.78 is 5.30. The van der Waals surface area contributed by atoms with E-state index in [1.54, 1.807) is 20.8 Å². The molecule has 2 aliphatic heterocycles. The Morgan fingerprint density at radius 2 is 1.90 bits per heavy atom. The predicted molar refractivity (Wildman–Crippen MR) is 106 cm³/mol. The number of hydrogen-bond acceptors (Lipinski definition) is 6. The van der Waals surface area contributed by atoms with Crippen LogP contribution in [-0.2, 0) is 30.3 Å². The second kappa shape index (κ2) is 7.90. The number of carbonyl (C=O) groups excluding carboxylic acids is 3. The summed E-state index contributed by atoms with van der Waals surface area (Å²) in [5, 5.41) is 11.6. The Morgan fingerprint density at radius 3 is 2.48 bits per heavy atom. The number of nitrogens with zero attached hydrogens (tertiary/aromatic N) is 1. The highest BCUT2D eigenvalue weighted by Gasteiger charge is 2.55. The van der Waals surface area contributed by atoms with Crippen molar-refractivity contribution in [3.05, 3.63) is 47.2 Å². The van der Waals surface area contributed by atoms with E-state index < -0.39 is 34.9 Å². The molecular weight excluding hydrogens is 396 g/mol. The number of thioether (sulfide) groups is 1. The van der Waals surface area contributed by atoms with Gasteiger partial charge in [-0.2, -0.15) is 0 Å². The third-order valence-electron chi connectivity index (χ3n) is 4.34. The molecule has 0 bridgehead atoms. The molecule has 0 unspecified atom stereocenters. The van der Waals surface area contributed by atoms with Gasteiger partial charge in [-0.1, -0.05) is 30.3 Å². The fourth-order valence-corrected chi connectivity index (χ4v) is 4.44. The number of hydrogen-bond donors (Lipinski definition) is 2. The van der Waals surface area contributed by atoms with Gasteiger partial charge in [0.05, 0.1) is 12.0 Å². The Balaban J connectivity index is 1.76. The van der Waals surface area contributed by atoms with Crippen LogP contribution in [0.15, 0.2) is 41.6 Å². The highest BCUT2D eigenvalue weighted by Crippen LogP contribution is 2.41. The minimum atomic E-state index is -1.28. The maximum atomic E-state index is 12.7. The fraction of sp³-hybridized carbons (Fsp3) is 0.400. The van der Waals surface area contributed by atoms with Crippen LogP contribution in [0, 0.1) is 0 Å². The van der Waals surface area contributed by atoms with E-state index in [2.05, 4.69) is 5.32 Å². The van der Waals surface area contributed by atoms with E-state index in [0.29, 0.717) is 0 Å². The van der Waals surface area contributed by atoms with Gasteiger partial charge in [0.25, 0.3) is 5.91 Å². The summed E-state index contributed by atoms with van der Waals surface area (Å²) in [5.74, 6) is -2.95. The zero-order chi connectivity index (χ0) is 21.3. The third-order valence-corrected chi connectivity index (χ3v) is 5.62. The number of carbonyl (C=O) groups is 4. The monoisotopic (exact) mass is 418 g/mol. The van der Waals surface area contributed by atoms with E-state index in [1.807, 2.05) is 30.3 Å². The second-order valence-corrected chi connectivity index (χ2v) is 8.86. The first-order chi connectivity index (χ1) is 13.6. The molecule has 9 heteroatoms.